The summed E-state index contributed by atoms with van der Waals surface area (Å²) in [7, 11) is 3.20. The molecule has 2 heterocycles. The average molecular weight is 373 g/mol. The van der Waals surface area contributed by atoms with E-state index in [0.717, 1.165) is 47.7 Å². The van der Waals surface area contributed by atoms with Crippen LogP contribution in [0.1, 0.15) is 25.5 Å². The Labute approximate surface area is 158 Å². The minimum atomic E-state index is -0.289. The molecule has 0 atom stereocenters. The van der Waals surface area contributed by atoms with Crippen LogP contribution in [-0.2, 0) is 20.6 Å². The van der Waals surface area contributed by atoms with Crippen molar-refractivity contribution in [2.45, 2.75) is 32.4 Å². The van der Waals surface area contributed by atoms with Crippen molar-refractivity contribution in [3.8, 4) is 11.5 Å². The van der Waals surface area contributed by atoms with Crippen molar-refractivity contribution >= 4 is 0 Å². The van der Waals surface area contributed by atoms with Crippen LogP contribution < -0.4 is 20.7 Å². The number of nitrogens with zero attached hydrogens (tertiary/aromatic N) is 3. The molecule has 7 nitrogen and oxygen atoms in total. The summed E-state index contributed by atoms with van der Waals surface area (Å²) < 4.78 is 14.4. The standard InChI is InChI=1S/C20H27N3O4/c1-4-26-17-7-5-6-8-18(17)27-16-9-11-23(12-10-16)14-15-13-19(24)22(3)20(25)21(15)2/h5-8,13,16H,4,9-12,14H2,1-3H3. The van der Waals surface area contributed by atoms with Crippen molar-refractivity contribution < 1.29 is 9.47 Å². The number of benzene rings is 1. The minimum Gasteiger partial charge on any atom is -0.490 e. The van der Waals surface area contributed by atoms with E-state index in [4.69, 9.17) is 9.47 Å². The van der Waals surface area contributed by atoms with Gasteiger partial charge in [-0.25, -0.2) is 4.79 Å². The van der Waals surface area contributed by atoms with Crippen LogP contribution in [0.25, 0.3) is 0 Å². The molecule has 0 saturated carbocycles. The molecule has 0 bridgehead atoms. The van der Waals surface area contributed by atoms with Crippen LogP contribution in [0.2, 0.25) is 0 Å². The second-order valence-electron chi connectivity index (χ2n) is 6.85. The van der Waals surface area contributed by atoms with E-state index in [2.05, 4.69) is 4.90 Å². The summed E-state index contributed by atoms with van der Waals surface area (Å²) in [4.78, 5) is 26.2. The van der Waals surface area contributed by atoms with Gasteiger partial charge in [0.1, 0.15) is 6.10 Å². The monoisotopic (exact) mass is 373 g/mol. The van der Waals surface area contributed by atoms with Gasteiger partial charge in [-0.3, -0.25) is 18.8 Å². The average Bonchev–Trinajstić information content (AvgIpc) is 2.67. The number of ether oxygens (including phenoxy) is 2. The molecule has 7 heteroatoms. The number of aromatic nitrogens is 2. The molecule has 1 fully saturated rings. The fourth-order valence-corrected chi connectivity index (χ4v) is 3.35. The van der Waals surface area contributed by atoms with Gasteiger partial charge in [-0.1, -0.05) is 12.1 Å². The van der Waals surface area contributed by atoms with Crippen molar-refractivity contribution in [2.75, 3.05) is 19.7 Å². The number of hydrogen-bond acceptors (Lipinski definition) is 5. The molecular weight excluding hydrogens is 346 g/mol. The molecule has 27 heavy (non-hydrogen) atoms. The molecule has 1 aromatic carbocycles. The zero-order valence-electron chi connectivity index (χ0n) is 16.2. The zero-order valence-corrected chi connectivity index (χ0v) is 16.2. The van der Waals surface area contributed by atoms with Crippen molar-refractivity contribution in [3.63, 3.8) is 0 Å². The molecule has 146 valence electrons. The molecule has 1 aliphatic heterocycles. The first-order chi connectivity index (χ1) is 13.0. The molecule has 0 radical (unpaired) electrons. The van der Waals surface area contributed by atoms with E-state index in [0.29, 0.717) is 13.2 Å². The predicted octanol–water partition coefficient (Wildman–Crippen LogP) is 1.53. The Morgan fingerprint density at radius 1 is 1.04 bits per heavy atom. The molecule has 1 aliphatic rings. The zero-order chi connectivity index (χ0) is 19.4. The van der Waals surface area contributed by atoms with Gasteiger partial charge in [-0.2, -0.15) is 0 Å². The Kier molecular flexibility index (Phi) is 6.01. The Morgan fingerprint density at radius 2 is 1.70 bits per heavy atom. The predicted molar refractivity (Wildman–Crippen MR) is 103 cm³/mol. The van der Waals surface area contributed by atoms with E-state index in [-0.39, 0.29) is 17.4 Å². The SMILES string of the molecule is CCOc1ccccc1OC1CCN(Cc2cc(=O)n(C)c(=O)n2C)CC1. The van der Waals surface area contributed by atoms with Crippen LogP contribution in [0.5, 0.6) is 11.5 Å². The number of rotatable bonds is 6. The van der Waals surface area contributed by atoms with Crippen LogP contribution in [0.15, 0.2) is 39.9 Å². The van der Waals surface area contributed by atoms with Gasteiger partial charge in [0.25, 0.3) is 5.56 Å². The quantitative estimate of drug-likeness (QED) is 0.768. The number of hydrogen-bond donors (Lipinski definition) is 0. The number of likely N-dealkylation sites (tertiary alicyclic amines) is 1. The molecule has 0 amide bonds. The Hall–Kier alpha value is -2.54. The molecule has 3 rings (SSSR count). The van der Waals surface area contributed by atoms with E-state index >= 15 is 0 Å². The lowest BCUT2D eigenvalue weighted by Gasteiger charge is -2.32. The van der Waals surface area contributed by atoms with Gasteiger partial charge in [0, 0.05) is 45.5 Å². The van der Waals surface area contributed by atoms with Crippen LogP contribution in [0, 0.1) is 0 Å². The summed E-state index contributed by atoms with van der Waals surface area (Å²) in [6.45, 7) is 4.85. The van der Waals surface area contributed by atoms with Gasteiger partial charge in [0.2, 0.25) is 0 Å². The fourth-order valence-electron chi connectivity index (χ4n) is 3.35. The Balaban J connectivity index is 1.60. The highest BCUT2D eigenvalue weighted by Gasteiger charge is 2.22. The fraction of sp³-hybridized carbons (Fsp3) is 0.500. The van der Waals surface area contributed by atoms with E-state index < -0.39 is 0 Å². The number of para-hydroxylation sites is 2. The highest BCUT2D eigenvalue weighted by atomic mass is 16.5. The maximum atomic E-state index is 12.1. The second kappa shape index (κ2) is 8.43. The summed E-state index contributed by atoms with van der Waals surface area (Å²) in [5, 5.41) is 0. The summed E-state index contributed by atoms with van der Waals surface area (Å²) in [6, 6.07) is 9.29. The normalized spacial score (nSPS) is 15.7. The van der Waals surface area contributed by atoms with Gasteiger partial charge in [-0.15, -0.1) is 0 Å². The molecule has 1 saturated heterocycles. The smallest absolute Gasteiger partial charge is 0.330 e. The molecule has 0 aliphatic carbocycles. The highest BCUT2D eigenvalue weighted by Crippen LogP contribution is 2.29. The van der Waals surface area contributed by atoms with E-state index in [1.165, 1.54) is 7.05 Å². The third kappa shape index (κ3) is 4.42. The third-order valence-electron chi connectivity index (χ3n) is 4.99. The Bertz CT molecular complexity index is 895. The molecule has 0 N–H and O–H groups in total. The lowest BCUT2D eigenvalue weighted by Crippen LogP contribution is -2.42. The van der Waals surface area contributed by atoms with Crippen LogP contribution in [-0.4, -0.2) is 39.8 Å². The lowest BCUT2D eigenvalue weighted by atomic mass is 10.1. The van der Waals surface area contributed by atoms with Gasteiger partial charge in [-0.05, 0) is 31.9 Å². The summed E-state index contributed by atoms with van der Waals surface area (Å²) in [5.41, 5.74) is 0.186. The molecule has 0 spiro atoms. The van der Waals surface area contributed by atoms with Gasteiger partial charge in [0.05, 0.1) is 6.61 Å². The summed E-state index contributed by atoms with van der Waals surface area (Å²) in [5.74, 6) is 1.56. The van der Waals surface area contributed by atoms with Gasteiger partial charge < -0.3 is 9.47 Å². The topological polar surface area (TPSA) is 65.7 Å². The molecule has 2 aromatic rings. The van der Waals surface area contributed by atoms with Crippen LogP contribution >= 0.6 is 0 Å². The minimum absolute atomic E-state index is 0.135. The maximum Gasteiger partial charge on any atom is 0.330 e. The van der Waals surface area contributed by atoms with E-state index in [9.17, 15) is 9.59 Å². The largest absolute Gasteiger partial charge is 0.490 e. The molecular formula is C20H27N3O4. The summed E-state index contributed by atoms with van der Waals surface area (Å²) in [6.07, 6.45) is 1.91. The van der Waals surface area contributed by atoms with Crippen LogP contribution in [0.4, 0.5) is 0 Å². The third-order valence-corrected chi connectivity index (χ3v) is 4.99. The van der Waals surface area contributed by atoms with Crippen molar-refractivity contribution in [1.29, 1.82) is 0 Å². The van der Waals surface area contributed by atoms with E-state index in [1.54, 1.807) is 17.7 Å². The molecule has 1 aromatic heterocycles. The number of piperidine rings is 1. The Morgan fingerprint density at radius 3 is 2.37 bits per heavy atom. The molecule has 0 unspecified atom stereocenters. The van der Waals surface area contributed by atoms with E-state index in [1.807, 2.05) is 31.2 Å². The summed E-state index contributed by atoms with van der Waals surface area (Å²) >= 11 is 0. The highest BCUT2D eigenvalue weighted by molar-refractivity contribution is 5.39. The second-order valence-corrected chi connectivity index (χ2v) is 6.85. The first-order valence-corrected chi connectivity index (χ1v) is 9.36. The van der Waals surface area contributed by atoms with Crippen molar-refractivity contribution in [2.24, 2.45) is 14.1 Å². The maximum absolute atomic E-state index is 12.1. The van der Waals surface area contributed by atoms with Crippen molar-refractivity contribution in [3.05, 3.63) is 56.9 Å². The van der Waals surface area contributed by atoms with Gasteiger partial charge >= 0.3 is 5.69 Å². The van der Waals surface area contributed by atoms with Crippen molar-refractivity contribution in [1.82, 2.24) is 14.0 Å². The first kappa shape index (κ1) is 19.2. The van der Waals surface area contributed by atoms with Gasteiger partial charge in [0.15, 0.2) is 11.5 Å². The van der Waals surface area contributed by atoms with Crippen LogP contribution in [0.3, 0.4) is 0 Å². The lowest BCUT2D eigenvalue weighted by molar-refractivity contribution is 0.0923. The first-order valence-electron chi connectivity index (χ1n) is 9.36.